The maximum atomic E-state index is 12.3. The van der Waals surface area contributed by atoms with Crippen LogP contribution in [0.25, 0.3) is 21.5 Å². The summed E-state index contributed by atoms with van der Waals surface area (Å²) in [6.45, 7) is 2.47. The number of thiazole rings is 1. The van der Waals surface area contributed by atoms with E-state index in [-0.39, 0.29) is 11.7 Å². The van der Waals surface area contributed by atoms with Crippen molar-refractivity contribution in [3.63, 3.8) is 0 Å². The summed E-state index contributed by atoms with van der Waals surface area (Å²) in [6.07, 6.45) is 0. The number of hydrogen-bond acceptors (Lipinski definition) is 7. The van der Waals surface area contributed by atoms with E-state index in [4.69, 9.17) is 4.74 Å². The molecule has 0 aliphatic carbocycles. The highest BCUT2D eigenvalue weighted by molar-refractivity contribution is 8.00. The number of thioether (sulfide) groups is 1. The molecule has 30 heavy (non-hydrogen) atoms. The van der Waals surface area contributed by atoms with E-state index in [0.717, 1.165) is 37.8 Å². The number of amides is 1. The molecule has 0 fully saturated rings. The number of carbonyl (C=O) groups is 1. The molecule has 6 nitrogen and oxygen atoms in total. The van der Waals surface area contributed by atoms with Gasteiger partial charge in [-0.05, 0) is 36.8 Å². The smallest absolute Gasteiger partial charge is 0.230 e. The molecule has 4 rings (SSSR count). The maximum Gasteiger partial charge on any atom is 0.230 e. The first-order valence-electron chi connectivity index (χ1n) is 9.35. The van der Waals surface area contributed by atoms with Crippen LogP contribution in [0.4, 0.5) is 0 Å². The molecule has 1 amide bonds. The Hall–Kier alpha value is -2.97. The SMILES string of the molecule is COc1ccc(-c2nnc(SCC(=O)NCc3ccccc3)c3nc(C)sc23)cc1. The largest absolute Gasteiger partial charge is 0.497 e. The van der Waals surface area contributed by atoms with Crippen molar-refractivity contribution >= 4 is 39.2 Å². The highest BCUT2D eigenvalue weighted by Crippen LogP contribution is 2.35. The van der Waals surface area contributed by atoms with Crippen LogP contribution in [0.2, 0.25) is 0 Å². The Morgan fingerprint density at radius 2 is 1.87 bits per heavy atom. The first-order valence-corrected chi connectivity index (χ1v) is 11.2. The number of hydrogen-bond donors (Lipinski definition) is 1. The number of rotatable bonds is 7. The van der Waals surface area contributed by atoms with Crippen LogP contribution in [0.3, 0.4) is 0 Å². The average molecular weight is 437 g/mol. The topological polar surface area (TPSA) is 77.0 Å². The van der Waals surface area contributed by atoms with Gasteiger partial charge >= 0.3 is 0 Å². The summed E-state index contributed by atoms with van der Waals surface area (Å²) in [5, 5.41) is 13.4. The van der Waals surface area contributed by atoms with E-state index in [0.29, 0.717) is 11.6 Å². The quantitative estimate of drug-likeness (QED) is 0.431. The Balaban J connectivity index is 1.50. The van der Waals surface area contributed by atoms with Gasteiger partial charge in [0.1, 0.15) is 22.0 Å². The molecular formula is C22H20N4O2S2. The van der Waals surface area contributed by atoms with Crippen molar-refractivity contribution in [3.8, 4) is 17.0 Å². The fourth-order valence-corrected chi connectivity index (χ4v) is 4.68. The summed E-state index contributed by atoms with van der Waals surface area (Å²) in [4.78, 5) is 16.9. The van der Waals surface area contributed by atoms with Crippen LogP contribution in [0.1, 0.15) is 10.6 Å². The first kappa shape index (κ1) is 20.3. The third kappa shape index (κ3) is 4.60. The van der Waals surface area contributed by atoms with Crippen LogP contribution >= 0.6 is 23.1 Å². The second-order valence-corrected chi connectivity index (χ2v) is 8.71. The van der Waals surface area contributed by atoms with Gasteiger partial charge in [-0.15, -0.1) is 21.5 Å². The Morgan fingerprint density at radius 3 is 2.60 bits per heavy atom. The Kier molecular flexibility index (Phi) is 6.25. The minimum Gasteiger partial charge on any atom is -0.497 e. The Labute approximate surface area is 182 Å². The molecule has 4 aromatic rings. The second-order valence-electron chi connectivity index (χ2n) is 6.54. The molecule has 152 valence electrons. The summed E-state index contributed by atoms with van der Waals surface area (Å²) in [5.74, 6) is 0.997. The lowest BCUT2D eigenvalue weighted by molar-refractivity contribution is -0.118. The monoisotopic (exact) mass is 436 g/mol. The van der Waals surface area contributed by atoms with Crippen molar-refractivity contribution in [1.82, 2.24) is 20.5 Å². The van der Waals surface area contributed by atoms with Gasteiger partial charge in [-0.1, -0.05) is 42.1 Å². The zero-order valence-electron chi connectivity index (χ0n) is 16.6. The van der Waals surface area contributed by atoms with E-state index in [2.05, 4.69) is 20.5 Å². The lowest BCUT2D eigenvalue weighted by atomic mass is 10.1. The fraction of sp³-hybridized carbons (Fsp3) is 0.182. The van der Waals surface area contributed by atoms with Crippen LogP contribution in [0.5, 0.6) is 5.75 Å². The van der Waals surface area contributed by atoms with Gasteiger partial charge in [-0.2, -0.15) is 0 Å². The highest BCUT2D eigenvalue weighted by atomic mass is 32.2. The van der Waals surface area contributed by atoms with Crippen LogP contribution in [0, 0.1) is 6.92 Å². The second kappa shape index (κ2) is 9.23. The van der Waals surface area contributed by atoms with Crippen molar-refractivity contribution in [2.45, 2.75) is 18.5 Å². The maximum absolute atomic E-state index is 12.3. The van der Waals surface area contributed by atoms with E-state index in [1.807, 2.05) is 61.5 Å². The number of aromatic nitrogens is 3. The highest BCUT2D eigenvalue weighted by Gasteiger charge is 2.17. The van der Waals surface area contributed by atoms with Gasteiger partial charge < -0.3 is 10.1 Å². The molecule has 2 aromatic heterocycles. The number of fused-ring (bicyclic) bond motifs is 1. The van der Waals surface area contributed by atoms with Crippen molar-refractivity contribution in [2.24, 2.45) is 0 Å². The molecule has 0 aliphatic heterocycles. The van der Waals surface area contributed by atoms with Gasteiger partial charge in [-0.25, -0.2) is 4.98 Å². The minimum absolute atomic E-state index is 0.0509. The van der Waals surface area contributed by atoms with E-state index in [1.54, 1.807) is 18.4 Å². The molecule has 0 aliphatic rings. The normalized spacial score (nSPS) is 10.9. The fourth-order valence-electron chi connectivity index (χ4n) is 2.94. The number of aryl methyl sites for hydroxylation is 1. The predicted molar refractivity (Wildman–Crippen MR) is 121 cm³/mol. The number of nitrogens with zero attached hydrogens (tertiary/aromatic N) is 3. The van der Waals surface area contributed by atoms with E-state index in [9.17, 15) is 4.79 Å². The summed E-state index contributed by atoms with van der Waals surface area (Å²) in [7, 11) is 1.64. The molecule has 0 spiro atoms. The molecule has 0 saturated heterocycles. The molecular weight excluding hydrogens is 416 g/mol. The van der Waals surface area contributed by atoms with Crippen molar-refractivity contribution < 1.29 is 9.53 Å². The van der Waals surface area contributed by atoms with Crippen LogP contribution in [0.15, 0.2) is 59.6 Å². The van der Waals surface area contributed by atoms with Gasteiger partial charge in [0, 0.05) is 12.1 Å². The van der Waals surface area contributed by atoms with E-state index >= 15 is 0 Å². The number of benzene rings is 2. The zero-order chi connectivity index (χ0) is 20.9. The molecule has 2 aromatic carbocycles. The van der Waals surface area contributed by atoms with Gasteiger partial charge in [0.2, 0.25) is 5.91 Å². The van der Waals surface area contributed by atoms with E-state index < -0.39 is 0 Å². The third-order valence-electron chi connectivity index (χ3n) is 4.43. The molecule has 1 N–H and O–H groups in total. The van der Waals surface area contributed by atoms with Gasteiger partial charge in [0.05, 0.1) is 22.6 Å². The number of ether oxygens (including phenoxy) is 1. The number of nitrogens with one attached hydrogen (secondary N) is 1. The minimum atomic E-state index is -0.0509. The van der Waals surface area contributed by atoms with Crippen LogP contribution < -0.4 is 10.1 Å². The first-order chi connectivity index (χ1) is 14.6. The predicted octanol–water partition coefficient (Wildman–Crippen LogP) is 4.48. The van der Waals surface area contributed by atoms with Crippen molar-refractivity contribution in [2.75, 3.05) is 12.9 Å². The summed E-state index contributed by atoms with van der Waals surface area (Å²) >= 11 is 2.94. The van der Waals surface area contributed by atoms with Gasteiger partial charge in [0.15, 0.2) is 0 Å². The third-order valence-corrected chi connectivity index (χ3v) is 6.36. The molecule has 0 bridgehead atoms. The van der Waals surface area contributed by atoms with Gasteiger partial charge in [-0.3, -0.25) is 4.79 Å². The lowest BCUT2D eigenvalue weighted by Crippen LogP contribution is -2.24. The average Bonchev–Trinajstić information content (AvgIpc) is 3.18. The number of methoxy groups -OCH3 is 1. The van der Waals surface area contributed by atoms with Crippen LogP contribution in [-0.4, -0.2) is 34.0 Å². The Morgan fingerprint density at radius 1 is 1.10 bits per heavy atom. The molecule has 0 atom stereocenters. The molecule has 0 saturated carbocycles. The van der Waals surface area contributed by atoms with E-state index in [1.165, 1.54) is 11.8 Å². The lowest BCUT2D eigenvalue weighted by Gasteiger charge is -2.07. The molecule has 2 heterocycles. The van der Waals surface area contributed by atoms with Gasteiger partial charge in [0.25, 0.3) is 0 Å². The zero-order valence-corrected chi connectivity index (χ0v) is 18.2. The molecule has 8 heteroatoms. The Bertz CT molecular complexity index is 1160. The summed E-state index contributed by atoms with van der Waals surface area (Å²) in [5.41, 5.74) is 3.60. The molecule has 0 unspecified atom stereocenters. The number of carbonyl (C=O) groups excluding carboxylic acids is 1. The van der Waals surface area contributed by atoms with Crippen molar-refractivity contribution in [3.05, 3.63) is 65.2 Å². The molecule has 0 radical (unpaired) electrons. The summed E-state index contributed by atoms with van der Waals surface area (Å²) < 4.78 is 6.20. The standard InChI is InChI=1S/C22H20N4O2S2/c1-14-24-20-21(30-14)19(16-8-10-17(28-2)11-9-16)25-26-22(20)29-13-18(27)23-12-15-6-4-3-5-7-15/h3-11H,12-13H2,1-2H3,(H,23,27). The van der Waals surface area contributed by atoms with Crippen molar-refractivity contribution in [1.29, 1.82) is 0 Å². The summed E-state index contributed by atoms with van der Waals surface area (Å²) in [6, 6.07) is 17.6. The van der Waals surface area contributed by atoms with Crippen LogP contribution in [-0.2, 0) is 11.3 Å².